The van der Waals surface area contributed by atoms with Gasteiger partial charge in [-0.3, -0.25) is 0 Å². The van der Waals surface area contributed by atoms with Crippen molar-refractivity contribution >= 4 is 11.8 Å². The summed E-state index contributed by atoms with van der Waals surface area (Å²) in [5.41, 5.74) is 1.09. The molecule has 1 fully saturated rings. The number of carboxylic acids is 1. The number of carbonyl (C=O) groups is 1. The first kappa shape index (κ1) is 12.9. The van der Waals surface area contributed by atoms with Crippen LogP contribution in [-0.2, 0) is 0 Å². The fourth-order valence-corrected chi connectivity index (χ4v) is 2.62. The fourth-order valence-electron chi connectivity index (χ4n) is 2.62. The number of carboxylic acid groups (broad SMARTS) is 1. The third-order valence-electron chi connectivity index (χ3n) is 3.63. The lowest BCUT2D eigenvalue weighted by molar-refractivity contribution is 0.0697. The number of hydrogen-bond acceptors (Lipinski definition) is 3. The van der Waals surface area contributed by atoms with E-state index in [-0.39, 0.29) is 5.56 Å². The number of anilines is 1. The first-order valence-corrected chi connectivity index (χ1v) is 6.51. The average Bonchev–Trinajstić information content (AvgIpc) is 2.72. The summed E-state index contributed by atoms with van der Waals surface area (Å²) in [7, 11) is 0. The summed E-state index contributed by atoms with van der Waals surface area (Å²) < 4.78 is 0. The van der Waals surface area contributed by atoms with Gasteiger partial charge in [-0.15, -0.1) is 0 Å². The Morgan fingerprint density at radius 2 is 2.28 bits per heavy atom. The Labute approximate surface area is 107 Å². The van der Waals surface area contributed by atoms with Gasteiger partial charge < -0.3 is 10.4 Å². The predicted molar refractivity (Wildman–Crippen MR) is 70.9 cm³/mol. The number of aromatic carboxylic acids is 1. The summed E-state index contributed by atoms with van der Waals surface area (Å²) in [6.45, 7) is 4.96. The quantitative estimate of drug-likeness (QED) is 0.860. The van der Waals surface area contributed by atoms with Crippen LogP contribution in [0.5, 0.6) is 0 Å². The number of nitrogens with one attached hydrogen (secondary N) is 1. The molecule has 1 heterocycles. The van der Waals surface area contributed by atoms with E-state index in [1.165, 1.54) is 19.3 Å². The normalized spacial score (nSPS) is 23.0. The predicted octanol–water partition coefficient (Wildman–Crippen LogP) is 2.94. The molecule has 1 aliphatic carbocycles. The minimum Gasteiger partial charge on any atom is -0.478 e. The van der Waals surface area contributed by atoms with Gasteiger partial charge in [0.25, 0.3) is 0 Å². The highest BCUT2D eigenvalue weighted by atomic mass is 16.4. The highest BCUT2D eigenvalue weighted by molar-refractivity contribution is 5.93. The number of aromatic nitrogens is 1. The van der Waals surface area contributed by atoms with E-state index in [4.69, 9.17) is 5.11 Å². The number of rotatable bonds is 4. The summed E-state index contributed by atoms with van der Waals surface area (Å²) in [6, 6.07) is 3.34. The summed E-state index contributed by atoms with van der Waals surface area (Å²) in [4.78, 5) is 15.4. The Morgan fingerprint density at radius 1 is 1.50 bits per heavy atom. The molecule has 0 aromatic carbocycles. The van der Waals surface area contributed by atoms with Crippen LogP contribution in [0.2, 0.25) is 0 Å². The smallest absolute Gasteiger partial charge is 0.339 e. The SMILES string of the molecule is Cc1ccc(C(=O)O)c(NCC2CCC(C)C2)n1. The summed E-state index contributed by atoms with van der Waals surface area (Å²) in [5.74, 6) is 1.01. The molecule has 0 radical (unpaired) electrons. The molecule has 1 aliphatic rings. The molecule has 4 nitrogen and oxygen atoms in total. The van der Waals surface area contributed by atoms with Crippen molar-refractivity contribution in [3.05, 3.63) is 23.4 Å². The Morgan fingerprint density at radius 3 is 2.89 bits per heavy atom. The Hall–Kier alpha value is -1.58. The van der Waals surface area contributed by atoms with Crippen molar-refractivity contribution in [2.75, 3.05) is 11.9 Å². The second-order valence-corrected chi connectivity index (χ2v) is 5.32. The van der Waals surface area contributed by atoms with Crippen LogP contribution in [-0.4, -0.2) is 22.6 Å². The van der Waals surface area contributed by atoms with Crippen LogP contribution in [0.25, 0.3) is 0 Å². The maximum atomic E-state index is 11.1. The first-order valence-electron chi connectivity index (χ1n) is 6.51. The number of aryl methyl sites for hydroxylation is 1. The minimum atomic E-state index is -0.926. The maximum absolute atomic E-state index is 11.1. The van der Waals surface area contributed by atoms with E-state index in [0.717, 1.165) is 18.2 Å². The maximum Gasteiger partial charge on any atom is 0.339 e. The third kappa shape index (κ3) is 3.00. The second-order valence-electron chi connectivity index (χ2n) is 5.32. The van der Waals surface area contributed by atoms with Gasteiger partial charge in [0.05, 0.1) is 0 Å². The first-order chi connectivity index (χ1) is 8.56. The highest BCUT2D eigenvalue weighted by Gasteiger charge is 2.21. The van der Waals surface area contributed by atoms with Gasteiger partial charge in [0.2, 0.25) is 0 Å². The lowest BCUT2D eigenvalue weighted by Crippen LogP contribution is -2.15. The number of nitrogens with zero attached hydrogens (tertiary/aromatic N) is 1. The topological polar surface area (TPSA) is 62.2 Å². The van der Waals surface area contributed by atoms with Crippen molar-refractivity contribution in [3.63, 3.8) is 0 Å². The summed E-state index contributed by atoms with van der Waals surface area (Å²) in [5, 5.41) is 12.3. The molecular formula is C14H20N2O2. The van der Waals surface area contributed by atoms with E-state index in [2.05, 4.69) is 17.2 Å². The third-order valence-corrected chi connectivity index (χ3v) is 3.63. The second kappa shape index (κ2) is 5.38. The van der Waals surface area contributed by atoms with Crippen LogP contribution in [0, 0.1) is 18.8 Å². The molecule has 2 unspecified atom stereocenters. The molecule has 0 spiro atoms. The van der Waals surface area contributed by atoms with E-state index < -0.39 is 5.97 Å². The van der Waals surface area contributed by atoms with Crippen molar-refractivity contribution in [2.45, 2.75) is 33.1 Å². The molecule has 0 saturated heterocycles. The summed E-state index contributed by atoms with van der Waals surface area (Å²) >= 11 is 0. The molecule has 18 heavy (non-hydrogen) atoms. The monoisotopic (exact) mass is 248 g/mol. The molecule has 0 bridgehead atoms. The molecular weight excluding hydrogens is 228 g/mol. The molecule has 2 atom stereocenters. The van der Waals surface area contributed by atoms with E-state index >= 15 is 0 Å². The van der Waals surface area contributed by atoms with Gasteiger partial charge >= 0.3 is 5.97 Å². The molecule has 4 heteroatoms. The standard InChI is InChI=1S/C14H20N2O2/c1-9-3-5-11(7-9)8-15-13-12(14(17)18)6-4-10(2)16-13/h4,6,9,11H,3,5,7-8H2,1-2H3,(H,15,16)(H,17,18). The average molecular weight is 248 g/mol. The number of pyridine rings is 1. The fraction of sp³-hybridized carbons (Fsp3) is 0.571. The zero-order valence-electron chi connectivity index (χ0n) is 10.9. The minimum absolute atomic E-state index is 0.256. The molecule has 0 amide bonds. The molecule has 1 aromatic rings. The van der Waals surface area contributed by atoms with Crippen LogP contribution < -0.4 is 5.32 Å². The Kier molecular flexibility index (Phi) is 3.84. The zero-order valence-corrected chi connectivity index (χ0v) is 10.9. The van der Waals surface area contributed by atoms with Crippen molar-refractivity contribution in [1.82, 2.24) is 4.98 Å². The molecule has 2 N–H and O–H groups in total. The highest BCUT2D eigenvalue weighted by Crippen LogP contribution is 2.30. The van der Waals surface area contributed by atoms with Crippen molar-refractivity contribution in [1.29, 1.82) is 0 Å². The Bertz CT molecular complexity index is 445. The van der Waals surface area contributed by atoms with E-state index in [1.54, 1.807) is 12.1 Å². The zero-order chi connectivity index (χ0) is 13.1. The van der Waals surface area contributed by atoms with Gasteiger partial charge in [-0.2, -0.15) is 0 Å². The van der Waals surface area contributed by atoms with Crippen LogP contribution in [0.1, 0.15) is 42.2 Å². The van der Waals surface area contributed by atoms with Gasteiger partial charge in [-0.25, -0.2) is 9.78 Å². The van der Waals surface area contributed by atoms with E-state index in [9.17, 15) is 4.79 Å². The molecule has 2 rings (SSSR count). The van der Waals surface area contributed by atoms with Crippen LogP contribution in [0.3, 0.4) is 0 Å². The van der Waals surface area contributed by atoms with Gasteiger partial charge in [0.1, 0.15) is 11.4 Å². The van der Waals surface area contributed by atoms with Gasteiger partial charge in [-0.05, 0) is 43.7 Å². The van der Waals surface area contributed by atoms with Crippen LogP contribution in [0.15, 0.2) is 12.1 Å². The largest absolute Gasteiger partial charge is 0.478 e. The van der Waals surface area contributed by atoms with Crippen LogP contribution in [0.4, 0.5) is 5.82 Å². The van der Waals surface area contributed by atoms with Crippen molar-refractivity contribution in [3.8, 4) is 0 Å². The van der Waals surface area contributed by atoms with Gasteiger partial charge in [0, 0.05) is 12.2 Å². The van der Waals surface area contributed by atoms with Gasteiger partial charge in [-0.1, -0.05) is 13.3 Å². The molecule has 1 saturated carbocycles. The number of hydrogen-bond donors (Lipinski definition) is 2. The molecule has 1 aromatic heterocycles. The van der Waals surface area contributed by atoms with Crippen LogP contribution >= 0.6 is 0 Å². The molecule has 98 valence electrons. The van der Waals surface area contributed by atoms with Gasteiger partial charge in [0.15, 0.2) is 0 Å². The lowest BCUT2D eigenvalue weighted by atomic mass is 10.1. The van der Waals surface area contributed by atoms with Crippen molar-refractivity contribution < 1.29 is 9.90 Å². The van der Waals surface area contributed by atoms with E-state index in [0.29, 0.717) is 11.7 Å². The lowest BCUT2D eigenvalue weighted by Gasteiger charge is -2.13. The summed E-state index contributed by atoms with van der Waals surface area (Å²) in [6.07, 6.45) is 3.73. The van der Waals surface area contributed by atoms with E-state index in [1.807, 2.05) is 6.92 Å². The van der Waals surface area contributed by atoms with Crippen molar-refractivity contribution in [2.24, 2.45) is 11.8 Å². The molecule has 0 aliphatic heterocycles. The Balaban J connectivity index is 2.04.